The normalized spacial score (nSPS) is 10.4. The van der Waals surface area contributed by atoms with Crippen LogP contribution in [-0.4, -0.2) is 18.4 Å². The molecule has 0 fully saturated rings. The van der Waals surface area contributed by atoms with Crippen molar-refractivity contribution in [2.75, 3.05) is 6.61 Å². The Labute approximate surface area is 155 Å². The van der Waals surface area contributed by atoms with Gasteiger partial charge in [-0.05, 0) is 48.2 Å². The zero-order chi connectivity index (χ0) is 18.4. The maximum Gasteiger partial charge on any atom is 0.276 e. The molecule has 2 amide bonds. The fourth-order valence-corrected chi connectivity index (χ4v) is 2.45. The summed E-state index contributed by atoms with van der Waals surface area (Å²) in [5, 5.41) is 0. The van der Waals surface area contributed by atoms with Crippen LogP contribution >= 0.6 is 15.9 Å². The molecular formula is C19H21BrN2O3. The molecule has 0 unspecified atom stereocenters. The van der Waals surface area contributed by atoms with Crippen molar-refractivity contribution in [3.63, 3.8) is 0 Å². The Bertz CT molecular complexity index is 758. The van der Waals surface area contributed by atoms with E-state index in [1.807, 2.05) is 37.3 Å². The van der Waals surface area contributed by atoms with E-state index in [4.69, 9.17) is 4.74 Å². The molecule has 6 heteroatoms. The highest BCUT2D eigenvalue weighted by Gasteiger charge is 2.09. The van der Waals surface area contributed by atoms with Crippen LogP contribution in [0.2, 0.25) is 0 Å². The Morgan fingerprint density at radius 1 is 1.08 bits per heavy atom. The van der Waals surface area contributed by atoms with Crippen molar-refractivity contribution in [3.8, 4) is 5.75 Å². The van der Waals surface area contributed by atoms with Crippen LogP contribution in [0.25, 0.3) is 0 Å². The molecule has 0 aliphatic heterocycles. The van der Waals surface area contributed by atoms with Gasteiger partial charge in [0.1, 0.15) is 5.75 Å². The largest absolute Gasteiger partial charge is 0.484 e. The number of carbonyl (C=O) groups is 2. The summed E-state index contributed by atoms with van der Waals surface area (Å²) in [6, 6.07) is 12.8. The molecule has 0 atom stereocenters. The van der Waals surface area contributed by atoms with Crippen molar-refractivity contribution in [2.24, 2.45) is 0 Å². The third-order valence-corrected chi connectivity index (χ3v) is 4.52. The monoisotopic (exact) mass is 404 g/mol. The van der Waals surface area contributed by atoms with Gasteiger partial charge < -0.3 is 4.74 Å². The highest BCUT2D eigenvalue weighted by atomic mass is 79.9. The fraction of sp³-hybridized carbons (Fsp3) is 0.263. The minimum atomic E-state index is -0.438. The first-order chi connectivity index (χ1) is 11.9. The molecule has 2 N–H and O–H groups in total. The zero-order valence-corrected chi connectivity index (χ0v) is 16.0. The molecule has 0 radical (unpaired) electrons. The Morgan fingerprint density at radius 3 is 2.36 bits per heavy atom. The van der Waals surface area contributed by atoms with Crippen LogP contribution in [-0.2, 0) is 4.79 Å². The van der Waals surface area contributed by atoms with Gasteiger partial charge in [0, 0.05) is 10.0 Å². The van der Waals surface area contributed by atoms with Crippen LogP contribution in [0, 0.1) is 6.92 Å². The lowest BCUT2D eigenvalue weighted by Gasteiger charge is -2.10. The summed E-state index contributed by atoms with van der Waals surface area (Å²) in [4.78, 5) is 23.8. The van der Waals surface area contributed by atoms with Gasteiger partial charge in [-0.1, -0.05) is 48.0 Å². The van der Waals surface area contributed by atoms with Gasteiger partial charge in [0.25, 0.3) is 11.8 Å². The number of benzene rings is 2. The molecule has 0 spiro atoms. The molecule has 0 saturated heterocycles. The molecule has 0 bridgehead atoms. The third kappa shape index (κ3) is 5.60. The number of ether oxygens (including phenoxy) is 1. The first-order valence-electron chi connectivity index (χ1n) is 7.95. The number of hydrazine groups is 1. The molecule has 2 rings (SSSR count). The number of carbonyl (C=O) groups excluding carboxylic acids is 2. The van der Waals surface area contributed by atoms with E-state index in [9.17, 15) is 9.59 Å². The lowest BCUT2D eigenvalue weighted by molar-refractivity contribution is -0.123. The first kappa shape index (κ1) is 19.0. The number of aryl methyl sites for hydroxylation is 1. The lowest BCUT2D eigenvalue weighted by atomic mass is 10.0. The van der Waals surface area contributed by atoms with Gasteiger partial charge in [-0.25, -0.2) is 0 Å². The molecule has 0 heterocycles. The summed E-state index contributed by atoms with van der Waals surface area (Å²) in [7, 11) is 0. The van der Waals surface area contributed by atoms with Gasteiger partial charge in [0.2, 0.25) is 0 Å². The highest BCUT2D eigenvalue weighted by molar-refractivity contribution is 9.10. The number of hydrogen-bond donors (Lipinski definition) is 2. The van der Waals surface area contributed by atoms with Crippen LogP contribution in [0.4, 0.5) is 0 Å². The zero-order valence-electron chi connectivity index (χ0n) is 14.4. The number of nitrogens with one attached hydrogen (secondary N) is 2. The molecule has 0 aromatic heterocycles. The van der Waals surface area contributed by atoms with Gasteiger partial charge in [-0.3, -0.25) is 20.4 Å². The molecule has 132 valence electrons. The summed E-state index contributed by atoms with van der Waals surface area (Å²) in [6.45, 7) is 5.97. The highest BCUT2D eigenvalue weighted by Crippen LogP contribution is 2.18. The number of rotatable bonds is 5. The summed E-state index contributed by atoms with van der Waals surface area (Å²) in [6.07, 6.45) is 0. The van der Waals surface area contributed by atoms with Crippen molar-refractivity contribution in [2.45, 2.75) is 26.7 Å². The van der Waals surface area contributed by atoms with Gasteiger partial charge >= 0.3 is 0 Å². The van der Waals surface area contributed by atoms with E-state index in [1.54, 1.807) is 12.1 Å². The van der Waals surface area contributed by atoms with Crippen LogP contribution < -0.4 is 15.6 Å². The first-order valence-corrected chi connectivity index (χ1v) is 8.74. The molecular weight excluding hydrogens is 384 g/mol. The smallest absolute Gasteiger partial charge is 0.276 e. The quantitative estimate of drug-likeness (QED) is 0.746. The van der Waals surface area contributed by atoms with E-state index in [0.717, 1.165) is 10.0 Å². The average molecular weight is 405 g/mol. The molecule has 0 saturated carbocycles. The minimum Gasteiger partial charge on any atom is -0.484 e. The summed E-state index contributed by atoms with van der Waals surface area (Å²) >= 11 is 3.37. The van der Waals surface area contributed by atoms with Gasteiger partial charge in [-0.15, -0.1) is 0 Å². The standard InChI is InChI=1S/C19H21BrN2O3/c1-12(2)14-6-8-16(9-7-14)25-11-18(23)21-22-19(24)15-5-4-13(3)17(20)10-15/h4-10,12H,11H2,1-3H3,(H,21,23)(H,22,24). The third-order valence-electron chi connectivity index (χ3n) is 3.67. The number of hydrogen-bond acceptors (Lipinski definition) is 3. The summed E-state index contributed by atoms with van der Waals surface area (Å²) in [5.41, 5.74) is 7.38. The van der Waals surface area contributed by atoms with Gasteiger partial charge in [0.05, 0.1) is 0 Å². The van der Waals surface area contributed by atoms with Crippen molar-refractivity contribution in [1.82, 2.24) is 10.9 Å². The maximum atomic E-state index is 12.0. The van der Waals surface area contributed by atoms with Crippen molar-refractivity contribution in [1.29, 1.82) is 0 Å². The molecule has 25 heavy (non-hydrogen) atoms. The second-order valence-corrected chi connectivity index (χ2v) is 6.83. The Balaban J connectivity index is 1.80. The van der Waals surface area contributed by atoms with Crippen molar-refractivity contribution < 1.29 is 14.3 Å². The van der Waals surface area contributed by atoms with E-state index in [-0.39, 0.29) is 6.61 Å². The predicted molar refractivity (Wildman–Crippen MR) is 101 cm³/mol. The summed E-state index contributed by atoms with van der Waals surface area (Å²) < 4.78 is 6.24. The SMILES string of the molecule is Cc1ccc(C(=O)NNC(=O)COc2ccc(C(C)C)cc2)cc1Br. The van der Waals surface area contributed by atoms with Crippen LogP contribution in [0.3, 0.4) is 0 Å². The Hall–Kier alpha value is -2.34. The molecule has 0 aliphatic carbocycles. The van der Waals surface area contributed by atoms with Crippen molar-refractivity contribution >= 4 is 27.7 Å². The van der Waals surface area contributed by atoms with E-state index in [1.165, 1.54) is 5.56 Å². The molecule has 5 nitrogen and oxygen atoms in total. The average Bonchev–Trinajstić information content (AvgIpc) is 2.60. The lowest BCUT2D eigenvalue weighted by Crippen LogP contribution is -2.43. The van der Waals surface area contributed by atoms with Crippen LogP contribution in [0.15, 0.2) is 46.9 Å². The maximum absolute atomic E-state index is 12.0. The topological polar surface area (TPSA) is 67.4 Å². The van der Waals surface area contributed by atoms with Gasteiger partial charge in [-0.2, -0.15) is 0 Å². The predicted octanol–water partition coefficient (Wildman–Crippen LogP) is 3.72. The summed E-state index contributed by atoms with van der Waals surface area (Å²) in [5.74, 6) is 0.213. The van der Waals surface area contributed by atoms with E-state index in [0.29, 0.717) is 17.2 Å². The minimum absolute atomic E-state index is 0.182. The number of halogens is 1. The molecule has 0 aliphatic rings. The Morgan fingerprint density at radius 2 is 1.76 bits per heavy atom. The second kappa shape index (κ2) is 8.67. The van der Waals surface area contributed by atoms with Crippen LogP contribution in [0.5, 0.6) is 5.75 Å². The van der Waals surface area contributed by atoms with E-state index < -0.39 is 11.8 Å². The second-order valence-electron chi connectivity index (χ2n) is 5.98. The molecule has 2 aromatic rings. The van der Waals surface area contributed by atoms with Gasteiger partial charge in [0.15, 0.2) is 6.61 Å². The number of amides is 2. The Kier molecular flexibility index (Phi) is 6.58. The van der Waals surface area contributed by atoms with E-state index in [2.05, 4.69) is 40.6 Å². The van der Waals surface area contributed by atoms with Crippen LogP contribution in [0.1, 0.15) is 41.3 Å². The fourth-order valence-electron chi connectivity index (χ4n) is 2.07. The van der Waals surface area contributed by atoms with E-state index >= 15 is 0 Å². The molecule has 2 aromatic carbocycles. The van der Waals surface area contributed by atoms with Crippen molar-refractivity contribution in [3.05, 3.63) is 63.6 Å².